The number of amides is 1. The van der Waals surface area contributed by atoms with Gasteiger partial charge in [-0.1, -0.05) is 36.4 Å². The van der Waals surface area contributed by atoms with E-state index in [4.69, 9.17) is 9.98 Å². The standard InChI is InChI=1S/C28H25FN4O/c1-18-6-4-5-7-23(18)26-31-17-28(3)25(30-14-15-33(26)28)20-9-8-19(2)24(16-20)27(34)32-22-12-10-21(29)11-13-22/h4-16H,17H2,1-3H3,(H,32,34). The highest BCUT2D eigenvalue weighted by molar-refractivity contribution is 6.15. The topological polar surface area (TPSA) is 57.1 Å². The molecule has 1 atom stereocenters. The summed E-state index contributed by atoms with van der Waals surface area (Å²) in [5, 5.41) is 2.85. The fraction of sp³-hybridized carbons (Fsp3) is 0.179. The van der Waals surface area contributed by atoms with Crippen LogP contribution in [0.15, 0.2) is 89.1 Å². The highest BCUT2D eigenvalue weighted by atomic mass is 19.1. The summed E-state index contributed by atoms with van der Waals surface area (Å²) in [7, 11) is 0. The van der Waals surface area contributed by atoms with Gasteiger partial charge in [0, 0.05) is 29.2 Å². The van der Waals surface area contributed by atoms with E-state index in [0.29, 0.717) is 17.8 Å². The van der Waals surface area contributed by atoms with E-state index < -0.39 is 5.54 Å². The normalized spacial score (nSPS) is 18.9. The summed E-state index contributed by atoms with van der Waals surface area (Å²) in [6, 6.07) is 19.8. The fourth-order valence-electron chi connectivity index (χ4n) is 4.52. The highest BCUT2D eigenvalue weighted by Crippen LogP contribution is 2.34. The molecule has 6 heteroatoms. The monoisotopic (exact) mass is 452 g/mol. The number of amidine groups is 1. The van der Waals surface area contributed by atoms with Crippen LogP contribution in [-0.2, 0) is 0 Å². The van der Waals surface area contributed by atoms with E-state index >= 15 is 0 Å². The van der Waals surface area contributed by atoms with Gasteiger partial charge < -0.3 is 10.2 Å². The SMILES string of the molecule is Cc1ccc(C2=NC=CN3C(c4ccccc4C)=NCC23C)cc1C(=O)Nc1ccc(F)cc1. The van der Waals surface area contributed by atoms with Gasteiger partial charge in [0.05, 0.1) is 12.3 Å². The first kappa shape index (κ1) is 21.8. The van der Waals surface area contributed by atoms with Gasteiger partial charge in [-0.25, -0.2) is 4.39 Å². The van der Waals surface area contributed by atoms with Crippen LogP contribution >= 0.6 is 0 Å². The first-order chi connectivity index (χ1) is 16.4. The van der Waals surface area contributed by atoms with Crippen LogP contribution in [0.25, 0.3) is 0 Å². The third-order valence-electron chi connectivity index (χ3n) is 6.47. The lowest BCUT2D eigenvalue weighted by molar-refractivity contribution is 0.102. The number of carbonyl (C=O) groups is 1. The van der Waals surface area contributed by atoms with Crippen LogP contribution in [0.5, 0.6) is 0 Å². The van der Waals surface area contributed by atoms with E-state index in [1.54, 1.807) is 18.3 Å². The number of aryl methyl sites for hydroxylation is 2. The predicted molar refractivity (Wildman–Crippen MR) is 134 cm³/mol. The molecule has 34 heavy (non-hydrogen) atoms. The Balaban J connectivity index is 1.46. The van der Waals surface area contributed by atoms with Crippen molar-refractivity contribution in [2.24, 2.45) is 9.98 Å². The molecule has 1 unspecified atom stereocenters. The molecule has 5 nitrogen and oxygen atoms in total. The molecule has 1 amide bonds. The number of fused-ring (bicyclic) bond motifs is 1. The van der Waals surface area contributed by atoms with Gasteiger partial charge in [0.15, 0.2) is 0 Å². The summed E-state index contributed by atoms with van der Waals surface area (Å²) < 4.78 is 13.2. The van der Waals surface area contributed by atoms with Crippen molar-refractivity contribution in [1.29, 1.82) is 0 Å². The number of anilines is 1. The van der Waals surface area contributed by atoms with Gasteiger partial charge in [0.2, 0.25) is 0 Å². The Morgan fingerprint density at radius 1 is 1.03 bits per heavy atom. The van der Waals surface area contributed by atoms with Crippen molar-refractivity contribution < 1.29 is 9.18 Å². The van der Waals surface area contributed by atoms with E-state index in [0.717, 1.165) is 33.8 Å². The minimum Gasteiger partial charge on any atom is -0.322 e. The lowest BCUT2D eigenvalue weighted by Crippen LogP contribution is -2.52. The Hall–Kier alpha value is -4.06. The maximum Gasteiger partial charge on any atom is 0.255 e. The lowest BCUT2D eigenvalue weighted by Gasteiger charge is -2.38. The zero-order chi connectivity index (χ0) is 23.9. The van der Waals surface area contributed by atoms with Crippen molar-refractivity contribution in [3.63, 3.8) is 0 Å². The maximum absolute atomic E-state index is 13.2. The molecule has 3 aromatic rings. The van der Waals surface area contributed by atoms with Crippen LogP contribution in [0.3, 0.4) is 0 Å². The summed E-state index contributed by atoms with van der Waals surface area (Å²) >= 11 is 0. The molecule has 0 radical (unpaired) electrons. The van der Waals surface area contributed by atoms with Gasteiger partial charge in [-0.15, -0.1) is 0 Å². The quantitative estimate of drug-likeness (QED) is 0.569. The zero-order valence-electron chi connectivity index (χ0n) is 19.3. The van der Waals surface area contributed by atoms with Crippen LogP contribution < -0.4 is 5.32 Å². The average Bonchev–Trinajstić information content (AvgIpc) is 3.18. The molecule has 5 rings (SSSR count). The third-order valence-corrected chi connectivity index (χ3v) is 6.47. The van der Waals surface area contributed by atoms with Crippen LogP contribution in [0.4, 0.5) is 10.1 Å². The van der Waals surface area contributed by atoms with Gasteiger partial charge >= 0.3 is 0 Å². The summed E-state index contributed by atoms with van der Waals surface area (Å²) in [5.41, 5.74) is 5.46. The molecule has 0 aromatic heterocycles. The first-order valence-electron chi connectivity index (χ1n) is 11.2. The van der Waals surface area contributed by atoms with E-state index in [-0.39, 0.29) is 11.7 Å². The summed E-state index contributed by atoms with van der Waals surface area (Å²) in [5.74, 6) is 0.329. The minimum absolute atomic E-state index is 0.247. The predicted octanol–water partition coefficient (Wildman–Crippen LogP) is 5.49. The molecule has 1 N–H and O–H groups in total. The molecule has 0 spiro atoms. The Kier molecular flexibility index (Phi) is 5.36. The fourth-order valence-corrected chi connectivity index (χ4v) is 4.52. The minimum atomic E-state index is -0.466. The van der Waals surface area contributed by atoms with E-state index in [9.17, 15) is 9.18 Å². The van der Waals surface area contributed by atoms with Crippen molar-refractivity contribution in [3.05, 3.63) is 113 Å². The van der Waals surface area contributed by atoms with Gasteiger partial charge in [0.25, 0.3) is 5.91 Å². The second-order valence-electron chi connectivity index (χ2n) is 8.87. The second-order valence-corrected chi connectivity index (χ2v) is 8.87. The number of rotatable bonds is 4. The Morgan fingerprint density at radius 2 is 1.79 bits per heavy atom. The van der Waals surface area contributed by atoms with Gasteiger partial charge in [0.1, 0.15) is 17.2 Å². The summed E-state index contributed by atoms with van der Waals surface area (Å²) in [6.07, 6.45) is 3.76. The number of nitrogens with one attached hydrogen (secondary N) is 1. The number of halogens is 1. The molecule has 2 aliphatic heterocycles. The Morgan fingerprint density at radius 3 is 2.56 bits per heavy atom. The summed E-state index contributed by atoms with van der Waals surface area (Å²) in [6.45, 7) is 6.67. The van der Waals surface area contributed by atoms with Crippen molar-refractivity contribution in [2.45, 2.75) is 26.3 Å². The number of nitrogens with zero attached hydrogens (tertiary/aromatic N) is 3. The molecular formula is C28H25FN4O. The third kappa shape index (κ3) is 3.71. The Bertz CT molecular complexity index is 1370. The number of aliphatic imine (C=N–C) groups is 2. The molecule has 0 saturated heterocycles. The largest absolute Gasteiger partial charge is 0.322 e. The zero-order valence-corrected chi connectivity index (χ0v) is 19.3. The van der Waals surface area contributed by atoms with Crippen molar-refractivity contribution in [3.8, 4) is 0 Å². The number of hydrogen-bond acceptors (Lipinski definition) is 4. The molecule has 0 bridgehead atoms. The summed E-state index contributed by atoms with van der Waals surface area (Å²) in [4.78, 5) is 24.9. The second kappa shape index (κ2) is 8.37. The maximum atomic E-state index is 13.2. The van der Waals surface area contributed by atoms with Gasteiger partial charge in [-0.3, -0.25) is 14.8 Å². The first-order valence-corrected chi connectivity index (χ1v) is 11.2. The molecular weight excluding hydrogens is 427 g/mol. The van der Waals surface area contributed by atoms with E-state index in [1.165, 1.54) is 12.1 Å². The average molecular weight is 453 g/mol. The van der Waals surface area contributed by atoms with Crippen molar-refractivity contribution >= 4 is 23.1 Å². The molecule has 2 heterocycles. The molecule has 2 aliphatic rings. The highest BCUT2D eigenvalue weighted by Gasteiger charge is 2.44. The molecule has 0 saturated carbocycles. The lowest BCUT2D eigenvalue weighted by atomic mass is 9.86. The molecule has 3 aromatic carbocycles. The van der Waals surface area contributed by atoms with Crippen LogP contribution in [0.2, 0.25) is 0 Å². The smallest absolute Gasteiger partial charge is 0.255 e. The van der Waals surface area contributed by atoms with Crippen LogP contribution in [0, 0.1) is 19.7 Å². The van der Waals surface area contributed by atoms with E-state index in [1.807, 2.05) is 43.5 Å². The van der Waals surface area contributed by atoms with Crippen molar-refractivity contribution in [1.82, 2.24) is 4.90 Å². The molecule has 0 fully saturated rings. The number of benzene rings is 3. The van der Waals surface area contributed by atoms with Gasteiger partial charge in [-0.05, 0) is 67.8 Å². The number of hydrogen-bond donors (Lipinski definition) is 1. The Labute approximate surface area is 198 Å². The van der Waals surface area contributed by atoms with Crippen LogP contribution in [0.1, 0.15) is 39.5 Å². The molecule has 0 aliphatic carbocycles. The van der Waals surface area contributed by atoms with Crippen molar-refractivity contribution in [2.75, 3.05) is 11.9 Å². The van der Waals surface area contributed by atoms with E-state index in [2.05, 4.69) is 36.2 Å². The van der Waals surface area contributed by atoms with Crippen LogP contribution in [-0.4, -0.2) is 34.4 Å². The van der Waals surface area contributed by atoms with Gasteiger partial charge in [-0.2, -0.15) is 0 Å². The number of carbonyl (C=O) groups excluding carboxylic acids is 1. The molecule has 170 valence electrons.